The summed E-state index contributed by atoms with van der Waals surface area (Å²) < 4.78 is 31.9. The molecule has 0 saturated carbocycles. The maximum absolute atomic E-state index is 13.4. The number of halogens is 3. The van der Waals surface area contributed by atoms with Crippen molar-refractivity contribution in [2.45, 2.75) is 18.9 Å². The molecule has 1 fully saturated rings. The van der Waals surface area contributed by atoms with Crippen LogP contribution in [0.5, 0.6) is 0 Å². The first kappa shape index (κ1) is 16.9. The summed E-state index contributed by atoms with van der Waals surface area (Å²) in [6.45, 7) is 2.14. The number of hydrogen-bond donors (Lipinski definition) is 1. The smallest absolute Gasteiger partial charge is 0.252 e. The molecular weight excluding hydrogens is 338 g/mol. The molecule has 0 radical (unpaired) electrons. The predicted octanol–water partition coefficient (Wildman–Crippen LogP) is 3.78. The average Bonchev–Trinajstić information content (AvgIpc) is 3.25. The van der Waals surface area contributed by atoms with Crippen molar-refractivity contribution in [2.75, 3.05) is 19.6 Å². The summed E-state index contributed by atoms with van der Waals surface area (Å²) in [5, 5.41) is 2.61. The lowest BCUT2D eigenvalue weighted by molar-refractivity contribution is 0.0933. The number of likely N-dealkylation sites (tertiary alicyclic amines) is 1. The van der Waals surface area contributed by atoms with E-state index in [9.17, 15) is 13.6 Å². The zero-order chi connectivity index (χ0) is 17.1. The van der Waals surface area contributed by atoms with Crippen LogP contribution in [0.4, 0.5) is 8.78 Å². The lowest BCUT2D eigenvalue weighted by Gasteiger charge is -2.26. The van der Waals surface area contributed by atoms with Gasteiger partial charge in [0.15, 0.2) is 11.6 Å². The molecule has 7 heteroatoms. The molecule has 1 N–H and O–H groups in total. The van der Waals surface area contributed by atoms with Crippen molar-refractivity contribution in [1.29, 1.82) is 0 Å². The number of carbonyl (C=O) groups is 1. The van der Waals surface area contributed by atoms with Gasteiger partial charge in [0.25, 0.3) is 5.91 Å². The van der Waals surface area contributed by atoms with E-state index in [0.717, 1.165) is 43.8 Å². The van der Waals surface area contributed by atoms with Gasteiger partial charge in [0.2, 0.25) is 0 Å². The third-order valence-corrected chi connectivity index (χ3v) is 4.48. The number of rotatable bonds is 5. The summed E-state index contributed by atoms with van der Waals surface area (Å²) in [6, 6.07) is 5.17. The Kier molecular flexibility index (Phi) is 5.16. The average molecular weight is 355 g/mol. The fraction of sp³-hybridized carbons (Fsp3) is 0.353. The van der Waals surface area contributed by atoms with Crippen LogP contribution >= 0.6 is 11.6 Å². The lowest BCUT2D eigenvalue weighted by atomic mass is 10.1. The Labute approximate surface area is 143 Å². The molecular formula is C17H17ClF2N2O2. The maximum Gasteiger partial charge on any atom is 0.252 e. The number of nitrogens with zero attached hydrogens (tertiary/aromatic N) is 1. The molecule has 0 unspecified atom stereocenters. The van der Waals surface area contributed by atoms with Crippen LogP contribution in [0.2, 0.25) is 5.02 Å². The second kappa shape index (κ2) is 7.32. The minimum Gasteiger partial charge on any atom is -0.468 e. The van der Waals surface area contributed by atoms with Gasteiger partial charge in [-0.25, -0.2) is 8.78 Å². The van der Waals surface area contributed by atoms with Crippen molar-refractivity contribution in [2.24, 2.45) is 0 Å². The van der Waals surface area contributed by atoms with E-state index in [4.69, 9.17) is 16.0 Å². The molecule has 0 spiro atoms. The molecule has 1 aliphatic heterocycles. The molecule has 0 aliphatic carbocycles. The summed E-state index contributed by atoms with van der Waals surface area (Å²) >= 11 is 5.84. The Balaban J connectivity index is 1.72. The molecule has 1 aromatic heterocycles. The van der Waals surface area contributed by atoms with E-state index in [-0.39, 0.29) is 16.6 Å². The Morgan fingerprint density at radius 1 is 1.29 bits per heavy atom. The second-order valence-electron chi connectivity index (χ2n) is 5.73. The molecule has 0 bridgehead atoms. The number of furan rings is 1. The summed E-state index contributed by atoms with van der Waals surface area (Å²) in [5.41, 5.74) is -0.0878. The van der Waals surface area contributed by atoms with Crippen LogP contribution in [0.3, 0.4) is 0 Å². The monoisotopic (exact) mass is 354 g/mol. The molecule has 3 rings (SSSR count). The zero-order valence-corrected chi connectivity index (χ0v) is 13.7. The van der Waals surface area contributed by atoms with Gasteiger partial charge >= 0.3 is 0 Å². The molecule has 24 heavy (non-hydrogen) atoms. The van der Waals surface area contributed by atoms with Crippen molar-refractivity contribution in [3.05, 3.63) is 58.5 Å². The topological polar surface area (TPSA) is 45.5 Å². The highest BCUT2D eigenvalue weighted by Gasteiger charge is 2.26. The van der Waals surface area contributed by atoms with Gasteiger partial charge < -0.3 is 9.73 Å². The molecule has 1 saturated heterocycles. The minimum absolute atomic E-state index is 0.0878. The first-order chi connectivity index (χ1) is 11.6. The number of hydrogen-bond acceptors (Lipinski definition) is 3. The van der Waals surface area contributed by atoms with E-state index in [1.807, 2.05) is 6.07 Å². The highest BCUT2D eigenvalue weighted by atomic mass is 35.5. The molecule has 2 heterocycles. The molecule has 4 nitrogen and oxygen atoms in total. The quantitative estimate of drug-likeness (QED) is 0.831. The zero-order valence-electron chi connectivity index (χ0n) is 12.9. The van der Waals surface area contributed by atoms with Gasteiger partial charge in [-0.05, 0) is 50.2 Å². The van der Waals surface area contributed by atoms with Crippen molar-refractivity contribution in [3.63, 3.8) is 0 Å². The first-order valence-corrected chi connectivity index (χ1v) is 8.14. The predicted molar refractivity (Wildman–Crippen MR) is 86.0 cm³/mol. The van der Waals surface area contributed by atoms with Gasteiger partial charge in [-0.15, -0.1) is 0 Å². The van der Waals surface area contributed by atoms with E-state index in [0.29, 0.717) is 6.54 Å². The number of carbonyl (C=O) groups excluding carboxylic acids is 1. The molecule has 1 aliphatic rings. The largest absolute Gasteiger partial charge is 0.468 e. The van der Waals surface area contributed by atoms with Crippen LogP contribution in [0, 0.1) is 11.6 Å². The van der Waals surface area contributed by atoms with Gasteiger partial charge in [0, 0.05) is 6.54 Å². The summed E-state index contributed by atoms with van der Waals surface area (Å²) in [4.78, 5) is 14.5. The maximum atomic E-state index is 13.4. The highest BCUT2D eigenvalue weighted by Crippen LogP contribution is 2.25. The van der Waals surface area contributed by atoms with Crippen LogP contribution in [0.1, 0.15) is 35.0 Å². The van der Waals surface area contributed by atoms with E-state index in [1.54, 1.807) is 12.3 Å². The molecule has 128 valence electrons. The van der Waals surface area contributed by atoms with E-state index >= 15 is 0 Å². The van der Waals surface area contributed by atoms with E-state index in [1.165, 1.54) is 0 Å². The summed E-state index contributed by atoms with van der Waals surface area (Å²) in [5.74, 6) is -1.98. The van der Waals surface area contributed by atoms with Gasteiger partial charge in [-0.3, -0.25) is 9.69 Å². The SMILES string of the molecule is O=C(NC[C@@H](c1ccco1)N1CCCC1)c1cc(F)c(F)cc1Cl. The second-order valence-corrected chi connectivity index (χ2v) is 6.14. The van der Waals surface area contributed by atoms with Crippen molar-refractivity contribution >= 4 is 17.5 Å². The molecule has 2 aromatic rings. The van der Waals surface area contributed by atoms with Crippen LogP contribution in [-0.4, -0.2) is 30.4 Å². The molecule has 1 atom stereocenters. The Hall–Kier alpha value is -1.92. The molecule has 1 aromatic carbocycles. The standard InChI is InChI=1S/C17H17ClF2N2O2/c18-12-9-14(20)13(19)8-11(12)17(23)21-10-15(16-4-3-7-24-16)22-5-1-2-6-22/h3-4,7-9,15H,1-2,5-6,10H2,(H,21,23)/t15-/m0/s1. The number of amides is 1. The van der Waals surface area contributed by atoms with Crippen molar-refractivity contribution in [3.8, 4) is 0 Å². The van der Waals surface area contributed by atoms with Crippen molar-refractivity contribution < 1.29 is 18.0 Å². The third kappa shape index (κ3) is 3.60. The fourth-order valence-electron chi connectivity index (χ4n) is 2.92. The Morgan fingerprint density at radius 3 is 2.67 bits per heavy atom. The van der Waals surface area contributed by atoms with Crippen molar-refractivity contribution in [1.82, 2.24) is 10.2 Å². The fourth-order valence-corrected chi connectivity index (χ4v) is 3.16. The lowest BCUT2D eigenvalue weighted by Crippen LogP contribution is -2.36. The first-order valence-electron chi connectivity index (χ1n) is 7.76. The summed E-state index contributed by atoms with van der Waals surface area (Å²) in [7, 11) is 0. The van der Waals surface area contributed by atoms with Crippen LogP contribution in [0.25, 0.3) is 0 Å². The van der Waals surface area contributed by atoms with E-state index < -0.39 is 17.5 Å². The Morgan fingerprint density at radius 2 is 2.00 bits per heavy atom. The van der Waals surface area contributed by atoms with Gasteiger partial charge in [0.1, 0.15) is 5.76 Å². The summed E-state index contributed by atoms with van der Waals surface area (Å²) in [6.07, 6.45) is 3.78. The minimum atomic E-state index is -1.10. The number of benzene rings is 1. The van der Waals surface area contributed by atoms with Crippen LogP contribution < -0.4 is 5.32 Å². The molecule has 1 amide bonds. The van der Waals surface area contributed by atoms with Crippen LogP contribution in [0.15, 0.2) is 34.9 Å². The van der Waals surface area contributed by atoms with Gasteiger partial charge in [-0.2, -0.15) is 0 Å². The van der Waals surface area contributed by atoms with Gasteiger partial charge in [-0.1, -0.05) is 11.6 Å². The third-order valence-electron chi connectivity index (χ3n) is 4.16. The Bertz CT molecular complexity index is 716. The number of nitrogens with one attached hydrogen (secondary N) is 1. The van der Waals surface area contributed by atoms with E-state index in [2.05, 4.69) is 10.2 Å². The normalized spacial score (nSPS) is 16.3. The van der Waals surface area contributed by atoms with Crippen LogP contribution in [-0.2, 0) is 0 Å². The van der Waals surface area contributed by atoms with Gasteiger partial charge in [0.05, 0.1) is 22.9 Å². The highest BCUT2D eigenvalue weighted by molar-refractivity contribution is 6.33.